The first kappa shape index (κ1) is 22.5. The van der Waals surface area contributed by atoms with Crippen molar-refractivity contribution in [3.05, 3.63) is 65.9 Å². The number of anilines is 2. The van der Waals surface area contributed by atoms with Gasteiger partial charge < -0.3 is 24.0 Å². The zero-order valence-corrected chi connectivity index (χ0v) is 20.3. The molecule has 2 aromatic carbocycles. The number of benzene rings is 2. The molecule has 0 N–H and O–H groups in total. The van der Waals surface area contributed by atoms with Crippen LogP contribution >= 0.6 is 0 Å². The van der Waals surface area contributed by atoms with Crippen LogP contribution in [-0.2, 0) is 4.74 Å². The van der Waals surface area contributed by atoms with E-state index in [-0.39, 0.29) is 5.91 Å². The highest BCUT2D eigenvalue weighted by Gasteiger charge is 2.25. The van der Waals surface area contributed by atoms with Crippen LogP contribution in [0.25, 0.3) is 22.2 Å². The molecule has 9 nitrogen and oxygen atoms in total. The molecule has 6 rings (SSSR count). The van der Waals surface area contributed by atoms with Gasteiger partial charge in [0.05, 0.1) is 18.6 Å². The summed E-state index contributed by atoms with van der Waals surface area (Å²) in [6.45, 7) is 7.68. The maximum Gasteiger partial charge on any atom is 0.254 e. The Kier molecular flexibility index (Phi) is 5.98. The zero-order valence-electron chi connectivity index (χ0n) is 20.3. The van der Waals surface area contributed by atoms with Crippen LogP contribution in [0.15, 0.2) is 59.1 Å². The van der Waals surface area contributed by atoms with E-state index in [1.807, 2.05) is 66.4 Å². The second-order valence-corrected chi connectivity index (χ2v) is 9.16. The van der Waals surface area contributed by atoms with Gasteiger partial charge in [-0.3, -0.25) is 4.79 Å². The number of hydrogen-bond acceptors (Lipinski definition) is 8. The Morgan fingerprint density at radius 3 is 2.42 bits per heavy atom. The molecule has 2 saturated heterocycles. The highest BCUT2D eigenvalue weighted by molar-refractivity contribution is 6.01. The van der Waals surface area contributed by atoms with Gasteiger partial charge in [-0.25, -0.2) is 4.98 Å². The van der Waals surface area contributed by atoms with Crippen molar-refractivity contribution in [2.45, 2.75) is 6.92 Å². The van der Waals surface area contributed by atoms with Crippen LogP contribution in [0.5, 0.6) is 0 Å². The van der Waals surface area contributed by atoms with Crippen LogP contribution in [0.2, 0.25) is 0 Å². The van der Waals surface area contributed by atoms with Gasteiger partial charge in [-0.05, 0) is 25.1 Å². The van der Waals surface area contributed by atoms with Gasteiger partial charge in [0.1, 0.15) is 11.3 Å². The normalized spacial score (nSPS) is 16.5. The number of carbonyl (C=O) groups is 1. The van der Waals surface area contributed by atoms with E-state index >= 15 is 0 Å². The Balaban J connectivity index is 1.17. The summed E-state index contributed by atoms with van der Waals surface area (Å²) in [5.41, 5.74) is 3.26. The average Bonchev–Trinajstić information content (AvgIpc) is 3.37. The maximum absolute atomic E-state index is 13.4. The Labute approximate surface area is 209 Å². The fourth-order valence-corrected chi connectivity index (χ4v) is 4.80. The van der Waals surface area contributed by atoms with E-state index in [1.54, 1.807) is 0 Å². The molecule has 1 amide bonds. The third-order valence-electron chi connectivity index (χ3n) is 6.77. The standard InChI is InChI=1S/C27H28N6O3/c1-19-17-24(29-27(28-19)33-13-15-35-16-14-33)31-9-11-32(12-10-31)26(34)21-7-8-23-22(18-21)25(36-30-23)20-5-3-2-4-6-20/h2-8,17-18H,9-16H2,1H3. The molecule has 184 valence electrons. The summed E-state index contributed by atoms with van der Waals surface area (Å²) in [7, 11) is 0. The van der Waals surface area contributed by atoms with Gasteiger partial charge in [0.15, 0.2) is 5.76 Å². The van der Waals surface area contributed by atoms with Crippen LogP contribution in [-0.4, -0.2) is 78.4 Å². The molecule has 0 aliphatic carbocycles. The molecule has 2 aliphatic heterocycles. The number of aryl methyl sites for hydroxylation is 1. The Morgan fingerprint density at radius 2 is 1.64 bits per heavy atom. The number of nitrogens with zero attached hydrogens (tertiary/aromatic N) is 6. The first-order valence-corrected chi connectivity index (χ1v) is 12.3. The molecule has 4 aromatic rings. The van der Waals surface area contributed by atoms with Crippen molar-refractivity contribution < 1.29 is 14.1 Å². The van der Waals surface area contributed by atoms with E-state index in [1.165, 1.54) is 0 Å². The van der Waals surface area contributed by atoms with Crippen LogP contribution in [0.3, 0.4) is 0 Å². The molecule has 2 aromatic heterocycles. The summed E-state index contributed by atoms with van der Waals surface area (Å²) in [5, 5.41) is 5.02. The van der Waals surface area contributed by atoms with Crippen molar-refractivity contribution >= 4 is 28.6 Å². The number of fused-ring (bicyclic) bond motifs is 1. The van der Waals surface area contributed by atoms with Crippen molar-refractivity contribution in [2.24, 2.45) is 0 Å². The first-order valence-electron chi connectivity index (χ1n) is 12.3. The van der Waals surface area contributed by atoms with E-state index in [9.17, 15) is 4.79 Å². The van der Waals surface area contributed by atoms with Crippen molar-refractivity contribution in [1.29, 1.82) is 0 Å². The number of morpholine rings is 1. The lowest BCUT2D eigenvalue weighted by Gasteiger charge is -2.36. The molecule has 2 fully saturated rings. The zero-order chi connectivity index (χ0) is 24.5. The fourth-order valence-electron chi connectivity index (χ4n) is 4.80. The molecule has 0 radical (unpaired) electrons. The van der Waals surface area contributed by atoms with Crippen LogP contribution in [0.1, 0.15) is 16.1 Å². The number of piperazine rings is 1. The van der Waals surface area contributed by atoms with E-state index in [4.69, 9.17) is 14.2 Å². The third kappa shape index (κ3) is 4.37. The second kappa shape index (κ2) is 9.58. The van der Waals surface area contributed by atoms with Crippen molar-refractivity contribution in [1.82, 2.24) is 20.0 Å². The van der Waals surface area contributed by atoms with Gasteiger partial charge in [0, 0.05) is 62.2 Å². The molecule has 0 spiro atoms. The Morgan fingerprint density at radius 1 is 0.861 bits per heavy atom. The predicted octanol–water partition coefficient (Wildman–Crippen LogP) is 3.39. The molecule has 0 unspecified atom stereocenters. The van der Waals surface area contributed by atoms with Gasteiger partial charge in [-0.1, -0.05) is 35.5 Å². The summed E-state index contributed by atoms with van der Waals surface area (Å²) < 4.78 is 11.1. The van der Waals surface area contributed by atoms with E-state index in [0.717, 1.165) is 60.1 Å². The molecule has 36 heavy (non-hydrogen) atoms. The molecule has 0 bridgehead atoms. The van der Waals surface area contributed by atoms with Crippen molar-refractivity contribution in [2.75, 3.05) is 62.3 Å². The topological polar surface area (TPSA) is 87.8 Å². The van der Waals surface area contributed by atoms with Gasteiger partial charge in [-0.2, -0.15) is 4.98 Å². The molecule has 2 aliphatic rings. The average molecular weight is 485 g/mol. The fraction of sp³-hybridized carbons (Fsp3) is 0.333. The summed E-state index contributed by atoms with van der Waals surface area (Å²) >= 11 is 0. The van der Waals surface area contributed by atoms with Gasteiger partial charge in [-0.15, -0.1) is 0 Å². The maximum atomic E-state index is 13.4. The lowest BCUT2D eigenvalue weighted by atomic mass is 10.1. The first-order chi connectivity index (χ1) is 17.7. The predicted molar refractivity (Wildman–Crippen MR) is 137 cm³/mol. The van der Waals surface area contributed by atoms with Crippen LogP contribution in [0.4, 0.5) is 11.8 Å². The smallest absolute Gasteiger partial charge is 0.254 e. The Bertz CT molecular complexity index is 1380. The quantitative estimate of drug-likeness (QED) is 0.436. The summed E-state index contributed by atoms with van der Waals surface area (Å²) in [5.74, 6) is 2.36. The Hall–Kier alpha value is -3.98. The highest BCUT2D eigenvalue weighted by Crippen LogP contribution is 2.30. The van der Waals surface area contributed by atoms with E-state index in [0.29, 0.717) is 37.6 Å². The van der Waals surface area contributed by atoms with E-state index in [2.05, 4.69) is 19.9 Å². The van der Waals surface area contributed by atoms with Crippen LogP contribution in [0, 0.1) is 6.92 Å². The van der Waals surface area contributed by atoms with Crippen molar-refractivity contribution in [3.8, 4) is 11.3 Å². The second-order valence-electron chi connectivity index (χ2n) is 9.16. The number of amides is 1. The van der Waals surface area contributed by atoms with Crippen molar-refractivity contribution in [3.63, 3.8) is 0 Å². The lowest BCUT2D eigenvalue weighted by Crippen LogP contribution is -2.49. The summed E-state index contributed by atoms with van der Waals surface area (Å²) in [6, 6.07) is 17.4. The number of aromatic nitrogens is 3. The molecule has 0 atom stereocenters. The summed E-state index contributed by atoms with van der Waals surface area (Å²) in [4.78, 5) is 29.2. The summed E-state index contributed by atoms with van der Waals surface area (Å²) in [6.07, 6.45) is 0. The van der Waals surface area contributed by atoms with Gasteiger partial charge >= 0.3 is 0 Å². The number of hydrogen-bond donors (Lipinski definition) is 0. The van der Waals surface area contributed by atoms with Gasteiger partial charge in [0.2, 0.25) is 5.95 Å². The molecular weight excluding hydrogens is 456 g/mol. The minimum atomic E-state index is 0.0182. The van der Waals surface area contributed by atoms with E-state index < -0.39 is 0 Å². The molecule has 0 saturated carbocycles. The minimum Gasteiger partial charge on any atom is -0.378 e. The number of ether oxygens (including phenoxy) is 1. The monoisotopic (exact) mass is 484 g/mol. The minimum absolute atomic E-state index is 0.0182. The SMILES string of the molecule is Cc1cc(N2CCN(C(=O)c3ccc4noc(-c5ccccc5)c4c3)CC2)nc(N2CCOCC2)n1. The van der Waals surface area contributed by atoms with Gasteiger partial charge in [0.25, 0.3) is 5.91 Å². The molecular formula is C27H28N6O3. The lowest BCUT2D eigenvalue weighted by molar-refractivity contribution is 0.0746. The third-order valence-corrected chi connectivity index (χ3v) is 6.77. The van der Waals surface area contributed by atoms with Crippen LogP contribution < -0.4 is 9.80 Å². The number of carbonyl (C=O) groups excluding carboxylic acids is 1. The highest BCUT2D eigenvalue weighted by atomic mass is 16.5. The number of rotatable bonds is 4. The molecule has 9 heteroatoms. The molecule has 4 heterocycles. The largest absolute Gasteiger partial charge is 0.378 e.